The van der Waals surface area contributed by atoms with Crippen molar-refractivity contribution in [3.05, 3.63) is 68.5 Å². The Morgan fingerprint density at radius 2 is 1.83 bits per heavy atom. The van der Waals surface area contributed by atoms with Gasteiger partial charge in [0.05, 0.1) is 26.7 Å². The molecule has 0 saturated carbocycles. The molecule has 0 aliphatic rings. The minimum Gasteiger partial charge on any atom is -0.506 e. The van der Waals surface area contributed by atoms with Crippen molar-refractivity contribution in [3.8, 4) is 16.2 Å². The molecule has 0 aliphatic heterocycles. The predicted molar refractivity (Wildman–Crippen MR) is 122 cm³/mol. The lowest BCUT2D eigenvalue weighted by atomic mass is 10.1. The number of aromatic carboxylic acids is 1. The van der Waals surface area contributed by atoms with Crippen LogP contribution in [0.15, 0.2) is 57.4 Å². The average molecular weight is 509 g/mol. The fraction of sp³-hybridized carbons (Fsp3) is 0.0500. The molecule has 154 valence electrons. The van der Waals surface area contributed by atoms with Gasteiger partial charge >= 0.3 is 12.0 Å². The van der Waals surface area contributed by atoms with E-state index in [-0.39, 0.29) is 16.3 Å². The second-order valence-electron chi connectivity index (χ2n) is 6.10. The van der Waals surface area contributed by atoms with E-state index in [1.165, 1.54) is 29.5 Å². The normalized spacial score (nSPS) is 11.2. The molecule has 2 aromatic carbocycles. The van der Waals surface area contributed by atoms with Gasteiger partial charge in [-0.25, -0.2) is 15.0 Å². The van der Waals surface area contributed by atoms with Crippen LogP contribution in [0.5, 0.6) is 5.75 Å². The highest BCUT2D eigenvalue weighted by Crippen LogP contribution is 2.39. The Kier molecular flexibility index (Phi) is 6.76. The molecular formula is C20H15BrClN3O4S. The van der Waals surface area contributed by atoms with Crippen LogP contribution in [-0.2, 0) is 0 Å². The highest BCUT2D eigenvalue weighted by Gasteiger charge is 2.15. The van der Waals surface area contributed by atoms with Crippen LogP contribution in [0.3, 0.4) is 0 Å². The lowest BCUT2D eigenvalue weighted by Crippen LogP contribution is -2.25. The third kappa shape index (κ3) is 4.99. The molecule has 0 spiro atoms. The molecule has 4 N–H and O–H groups in total. The summed E-state index contributed by atoms with van der Waals surface area (Å²) in [4.78, 5) is 23.7. The van der Waals surface area contributed by atoms with Crippen molar-refractivity contribution in [2.45, 2.75) is 6.92 Å². The van der Waals surface area contributed by atoms with Gasteiger partial charge in [-0.05, 0) is 42.8 Å². The number of carboxylic acids is 1. The number of carbonyl (C=O) groups is 2. The Morgan fingerprint density at radius 3 is 2.47 bits per heavy atom. The number of amides is 2. The predicted octanol–water partition coefficient (Wildman–Crippen LogP) is 5.78. The van der Waals surface area contributed by atoms with Gasteiger partial charge in [0, 0.05) is 15.5 Å². The van der Waals surface area contributed by atoms with Crippen LogP contribution in [0.1, 0.15) is 22.8 Å². The Morgan fingerprint density at radius 1 is 1.13 bits per heavy atom. The summed E-state index contributed by atoms with van der Waals surface area (Å²) in [6.45, 7) is 1.66. The first-order valence-corrected chi connectivity index (χ1v) is 10.5. The van der Waals surface area contributed by atoms with Crippen molar-refractivity contribution < 1.29 is 19.8 Å². The summed E-state index contributed by atoms with van der Waals surface area (Å²) >= 11 is 10.6. The molecule has 0 atom stereocenters. The number of hydrogen-bond acceptors (Lipinski definition) is 5. The van der Waals surface area contributed by atoms with E-state index in [4.69, 9.17) is 16.7 Å². The second-order valence-corrected chi connectivity index (χ2v) is 8.30. The van der Waals surface area contributed by atoms with Gasteiger partial charge in [-0.1, -0.05) is 39.7 Å². The van der Waals surface area contributed by atoms with Gasteiger partial charge < -0.3 is 15.5 Å². The molecule has 0 aliphatic carbocycles. The van der Waals surface area contributed by atoms with Crippen LogP contribution in [0, 0.1) is 0 Å². The SMILES string of the molecule is CC(=NNC(=O)Nc1ccc(C(=O)O)c(Cl)c1)c1csc(-c2ccc(Br)cc2)c1O. The lowest BCUT2D eigenvalue weighted by molar-refractivity contribution is 0.0697. The fourth-order valence-electron chi connectivity index (χ4n) is 2.53. The van der Waals surface area contributed by atoms with Gasteiger partial charge in [-0.15, -0.1) is 11.3 Å². The van der Waals surface area contributed by atoms with Crippen LogP contribution in [-0.4, -0.2) is 27.9 Å². The Labute approximate surface area is 189 Å². The number of carboxylic acid groups (broad SMARTS) is 1. The van der Waals surface area contributed by atoms with Crippen LogP contribution in [0.4, 0.5) is 10.5 Å². The molecule has 1 aromatic heterocycles. The Hall–Kier alpha value is -2.88. The van der Waals surface area contributed by atoms with E-state index in [9.17, 15) is 14.7 Å². The zero-order chi connectivity index (χ0) is 21.8. The molecule has 0 saturated heterocycles. The second kappa shape index (κ2) is 9.29. The number of halogens is 2. The van der Waals surface area contributed by atoms with Gasteiger partial charge in [0.2, 0.25) is 0 Å². The first-order chi connectivity index (χ1) is 14.3. The maximum Gasteiger partial charge on any atom is 0.339 e. The monoisotopic (exact) mass is 507 g/mol. The first-order valence-electron chi connectivity index (χ1n) is 8.47. The maximum absolute atomic E-state index is 12.1. The average Bonchev–Trinajstić information content (AvgIpc) is 3.08. The van der Waals surface area contributed by atoms with E-state index in [0.29, 0.717) is 21.8 Å². The van der Waals surface area contributed by atoms with Gasteiger partial charge in [-0.2, -0.15) is 5.10 Å². The molecule has 0 bridgehead atoms. The molecular weight excluding hydrogens is 494 g/mol. The maximum atomic E-state index is 12.1. The topological polar surface area (TPSA) is 111 Å². The van der Waals surface area contributed by atoms with Crippen molar-refractivity contribution in [2.24, 2.45) is 5.10 Å². The van der Waals surface area contributed by atoms with E-state index < -0.39 is 12.0 Å². The van der Waals surface area contributed by atoms with Gasteiger partial charge in [0.1, 0.15) is 5.75 Å². The van der Waals surface area contributed by atoms with Crippen LogP contribution >= 0.6 is 38.9 Å². The number of hydrazone groups is 1. The Bertz CT molecular complexity index is 1150. The molecule has 3 rings (SSSR count). The molecule has 0 unspecified atom stereocenters. The number of urea groups is 1. The van der Waals surface area contributed by atoms with Crippen molar-refractivity contribution >= 4 is 62.3 Å². The lowest BCUT2D eigenvalue weighted by Gasteiger charge is -2.07. The number of nitrogens with one attached hydrogen (secondary N) is 2. The molecule has 7 nitrogen and oxygen atoms in total. The zero-order valence-corrected chi connectivity index (χ0v) is 18.6. The molecule has 3 aromatic rings. The highest BCUT2D eigenvalue weighted by atomic mass is 79.9. The van der Waals surface area contributed by atoms with Crippen LogP contribution < -0.4 is 10.7 Å². The zero-order valence-electron chi connectivity index (χ0n) is 15.4. The Balaban J connectivity index is 1.69. The van der Waals surface area contributed by atoms with E-state index in [1.54, 1.807) is 12.3 Å². The third-order valence-corrected chi connectivity index (χ3v) is 5.90. The number of anilines is 1. The van der Waals surface area contributed by atoms with E-state index >= 15 is 0 Å². The fourth-order valence-corrected chi connectivity index (χ4v) is 4.07. The number of benzene rings is 2. The van der Waals surface area contributed by atoms with E-state index in [2.05, 4.69) is 31.8 Å². The molecule has 0 radical (unpaired) electrons. The minimum absolute atomic E-state index is 0.00338. The van der Waals surface area contributed by atoms with Crippen molar-refractivity contribution in [1.29, 1.82) is 0 Å². The number of carbonyl (C=O) groups excluding carboxylic acids is 1. The van der Waals surface area contributed by atoms with Crippen LogP contribution in [0.25, 0.3) is 10.4 Å². The summed E-state index contributed by atoms with van der Waals surface area (Å²) in [5.41, 5.74) is 4.38. The molecule has 0 fully saturated rings. The molecule has 1 heterocycles. The smallest absolute Gasteiger partial charge is 0.339 e. The van der Waals surface area contributed by atoms with E-state index in [0.717, 1.165) is 10.0 Å². The number of nitrogens with zero attached hydrogens (tertiary/aromatic N) is 1. The molecule has 10 heteroatoms. The standard InChI is InChI=1S/C20H15BrClN3O4S/c1-10(15-9-30-18(17(15)26)11-2-4-12(21)5-3-11)24-25-20(29)23-13-6-7-14(19(27)28)16(22)8-13/h2-9,26H,1H3,(H,27,28)(H2,23,25,29). The van der Waals surface area contributed by atoms with Gasteiger partial charge in [0.15, 0.2) is 0 Å². The summed E-state index contributed by atoms with van der Waals surface area (Å²) < 4.78 is 0.939. The van der Waals surface area contributed by atoms with Crippen molar-refractivity contribution in [1.82, 2.24) is 5.43 Å². The summed E-state index contributed by atoms with van der Waals surface area (Å²) in [5, 5.41) is 27.8. The summed E-state index contributed by atoms with van der Waals surface area (Å²) in [7, 11) is 0. The largest absolute Gasteiger partial charge is 0.506 e. The number of aromatic hydroxyl groups is 1. The number of hydrogen-bond donors (Lipinski definition) is 4. The highest BCUT2D eigenvalue weighted by molar-refractivity contribution is 9.10. The molecule has 2 amide bonds. The van der Waals surface area contributed by atoms with E-state index in [1.807, 2.05) is 24.3 Å². The summed E-state index contributed by atoms with van der Waals surface area (Å²) in [6.07, 6.45) is 0. The first kappa shape index (κ1) is 21.8. The number of thiophene rings is 1. The summed E-state index contributed by atoms with van der Waals surface area (Å²) in [5.74, 6) is -1.07. The quantitative estimate of drug-likeness (QED) is 0.258. The third-order valence-electron chi connectivity index (χ3n) is 4.04. The van der Waals surface area contributed by atoms with Crippen LogP contribution in [0.2, 0.25) is 5.02 Å². The summed E-state index contributed by atoms with van der Waals surface area (Å²) in [6, 6.07) is 10.9. The van der Waals surface area contributed by atoms with Gasteiger partial charge in [-0.3, -0.25) is 0 Å². The molecule has 30 heavy (non-hydrogen) atoms. The van der Waals surface area contributed by atoms with Crippen molar-refractivity contribution in [2.75, 3.05) is 5.32 Å². The van der Waals surface area contributed by atoms with Crippen molar-refractivity contribution in [3.63, 3.8) is 0 Å². The van der Waals surface area contributed by atoms with Gasteiger partial charge in [0.25, 0.3) is 0 Å². The minimum atomic E-state index is -1.16. The number of rotatable bonds is 5.